The Morgan fingerprint density at radius 1 is 0.914 bits per heavy atom. The molecule has 3 aromatic rings. The van der Waals surface area contributed by atoms with Gasteiger partial charge in [0.2, 0.25) is 0 Å². The summed E-state index contributed by atoms with van der Waals surface area (Å²) in [6, 6.07) is 30.0. The molecule has 1 fully saturated rings. The molecule has 1 amide bonds. The number of rotatable bonds is 6. The molecule has 0 spiro atoms. The predicted molar refractivity (Wildman–Crippen MR) is 140 cm³/mol. The first-order chi connectivity index (χ1) is 16.8. The fourth-order valence-electron chi connectivity index (χ4n) is 4.91. The van der Waals surface area contributed by atoms with Gasteiger partial charge in [0.1, 0.15) is 12.8 Å². The number of nitrogens with zero attached hydrogens (tertiary/aromatic N) is 1. The fourth-order valence-corrected chi connectivity index (χ4v) is 9.65. The van der Waals surface area contributed by atoms with E-state index in [2.05, 4.69) is 45.0 Å². The number of hydrogen-bond donors (Lipinski definition) is 0. The topological polar surface area (TPSA) is 38.8 Å². The van der Waals surface area contributed by atoms with Crippen molar-refractivity contribution in [2.24, 2.45) is 0 Å². The summed E-state index contributed by atoms with van der Waals surface area (Å²) in [5.41, 5.74) is 0.905. The van der Waals surface area contributed by atoms with Gasteiger partial charge in [-0.05, 0) is 27.4 Å². The van der Waals surface area contributed by atoms with Gasteiger partial charge in [0.05, 0.1) is 12.6 Å². The van der Waals surface area contributed by atoms with E-state index in [1.165, 1.54) is 4.90 Å². The van der Waals surface area contributed by atoms with Crippen molar-refractivity contribution in [3.05, 3.63) is 96.6 Å². The van der Waals surface area contributed by atoms with Crippen molar-refractivity contribution >= 4 is 24.8 Å². The van der Waals surface area contributed by atoms with Crippen molar-refractivity contribution in [1.82, 2.24) is 4.90 Å². The van der Waals surface area contributed by atoms with E-state index in [4.69, 9.17) is 9.16 Å². The number of amides is 1. The zero-order valence-corrected chi connectivity index (χ0v) is 21.7. The van der Waals surface area contributed by atoms with Gasteiger partial charge >= 0.3 is 6.09 Å². The van der Waals surface area contributed by atoms with Crippen molar-refractivity contribution in [2.75, 3.05) is 13.1 Å². The van der Waals surface area contributed by atoms with Crippen molar-refractivity contribution in [3.8, 4) is 0 Å². The average Bonchev–Trinajstić information content (AvgIpc) is 2.87. The van der Waals surface area contributed by atoms with Gasteiger partial charge in [-0.2, -0.15) is 0 Å². The predicted octanol–water partition coefficient (Wildman–Crippen LogP) is 5.31. The van der Waals surface area contributed by atoms with Gasteiger partial charge in [-0.15, -0.1) is 0 Å². The number of halogens is 1. The zero-order valence-electron chi connectivity index (χ0n) is 20.7. The number of alkyl halides is 1. The van der Waals surface area contributed by atoms with E-state index in [0.29, 0.717) is 13.0 Å². The molecular weight excluding hydrogens is 457 g/mol. The molecule has 3 aromatic carbocycles. The quantitative estimate of drug-likeness (QED) is 0.439. The highest BCUT2D eigenvalue weighted by Gasteiger charge is 2.52. The molecule has 1 heterocycles. The highest BCUT2D eigenvalue weighted by Crippen LogP contribution is 2.39. The van der Waals surface area contributed by atoms with E-state index >= 15 is 4.39 Å². The number of carbonyl (C=O) groups is 1. The van der Waals surface area contributed by atoms with Gasteiger partial charge in [-0.25, -0.2) is 9.18 Å². The Balaban J connectivity index is 1.53. The van der Waals surface area contributed by atoms with Crippen LogP contribution in [0, 0.1) is 0 Å². The number of piperidine rings is 1. The third kappa shape index (κ3) is 5.49. The molecule has 0 radical (unpaired) electrons. The third-order valence-corrected chi connectivity index (χ3v) is 11.8. The first-order valence-electron chi connectivity index (χ1n) is 12.2. The molecule has 0 N–H and O–H groups in total. The molecule has 1 saturated heterocycles. The molecule has 2 unspecified atom stereocenters. The van der Waals surface area contributed by atoms with Gasteiger partial charge < -0.3 is 14.1 Å². The number of ether oxygens (including phenoxy) is 1. The van der Waals surface area contributed by atoms with E-state index < -0.39 is 26.7 Å². The average molecular weight is 492 g/mol. The Kier molecular flexibility index (Phi) is 7.72. The summed E-state index contributed by atoms with van der Waals surface area (Å²) in [5, 5.41) is 2.01. The lowest BCUT2D eigenvalue weighted by molar-refractivity contribution is 0.0103. The van der Waals surface area contributed by atoms with Gasteiger partial charge in [0.25, 0.3) is 8.32 Å². The SMILES string of the molecule is CC(C)(C)[Si](OC1CCN(C(=O)OCc2ccccc2)CC1F)(c1ccccc1)c1ccccc1. The summed E-state index contributed by atoms with van der Waals surface area (Å²) in [5.74, 6) is 0. The smallest absolute Gasteiger partial charge is 0.410 e. The minimum atomic E-state index is -2.86. The van der Waals surface area contributed by atoms with Gasteiger partial charge in [-0.1, -0.05) is 112 Å². The zero-order chi connectivity index (χ0) is 24.9. The lowest BCUT2D eigenvalue weighted by Crippen LogP contribution is -2.69. The third-order valence-electron chi connectivity index (χ3n) is 6.69. The summed E-state index contributed by atoms with van der Waals surface area (Å²) < 4.78 is 28.0. The summed E-state index contributed by atoms with van der Waals surface area (Å²) in [7, 11) is -2.86. The van der Waals surface area contributed by atoms with Crippen LogP contribution in [0.25, 0.3) is 0 Å². The fraction of sp³-hybridized carbons (Fsp3) is 0.345. The number of carbonyl (C=O) groups excluding carboxylic acids is 1. The van der Waals surface area contributed by atoms with Crippen LogP contribution in [0.3, 0.4) is 0 Å². The maximum absolute atomic E-state index is 15.6. The minimum Gasteiger partial charge on any atom is -0.445 e. The Hall–Kier alpha value is -2.96. The highest BCUT2D eigenvalue weighted by atomic mass is 28.4. The van der Waals surface area contributed by atoms with Crippen LogP contribution in [-0.4, -0.2) is 44.7 Å². The van der Waals surface area contributed by atoms with Crippen LogP contribution in [0.15, 0.2) is 91.0 Å². The van der Waals surface area contributed by atoms with Gasteiger partial charge in [0, 0.05) is 6.54 Å². The highest BCUT2D eigenvalue weighted by molar-refractivity contribution is 6.99. The summed E-state index contributed by atoms with van der Waals surface area (Å²) >= 11 is 0. The van der Waals surface area contributed by atoms with Crippen LogP contribution in [0.1, 0.15) is 32.8 Å². The maximum atomic E-state index is 15.6. The monoisotopic (exact) mass is 491 g/mol. The molecule has 4 nitrogen and oxygen atoms in total. The van der Waals surface area contributed by atoms with Crippen LogP contribution < -0.4 is 10.4 Å². The largest absolute Gasteiger partial charge is 0.445 e. The summed E-state index contributed by atoms with van der Waals surface area (Å²) in [4.78, 5) is 14.1. The van der Waals surface area contributed by atoms with Crippen LogP contribution in [0.4, 0.5) is 9.18 Å². The second kappa shape index (κ2) is 10.8. The number of likely N-dealkylation sites (tertiary alicyclic amines) is 1. The first-order valence-corrected chi connectivity index (χ1v) is 14.1. The maximum Gasteiger partial charge on any atom is 0.410 e. The molecule has 35 heavy (non-hydrogen) atoms. The van der Waals surface area contributed by atoms with Crippen molar-refractivity contribution in [1.29, 1.82) is 0 Å². The van der Waals surface area contributed by atoms with Crippen LogP contribution in [-0.2, 0) is 15.8 Å². The lowest BCUT2D eigenvalue weighted by Gasteiger charge is -2.47. The minimum absolute atomic E-state index is 0.0313. The number of benzene rings is 3. The molecule has 0 saturated carbocycles. The standard InChI is InChI=1S/C29H34FNO3Si/c1-29(2,3)35(24-15-9-5-10-16-24,25-17-11-6-12-18-25)34-27-19-20-31(21-26(27)30)28(32)33-22-23-13-7-4-8-14-23/h4-18,26-27H,19-22H2,1-3H3. The van der Waals surface area contributed by atoms with Crippen LogP contribution >= 0.6 is 0 Å². The molecular formula is C29H34FNO3Si. The van der Waals surface area contributed by atoms with Crippen molar-refractivity contribution in [2.45, 2.75) is 51.1 Å². The van der Waals surface area contributed by atoms with Gasteiger partial charge in [0.15, 0.2) is 0 Å². The summed E-state index contributed by atoms with van der Waals surface area (Å²) in [6.07, 6.45) is -1.96. The molecule has 2 atom stereocenters. The molecule has 0 bridgehead atoms. The van der Waals surface area contributed by atoms with Crippen LogP contribution in [0.2, 0.25) is 5.04 Å². The Morgan fingerprint density at radius 2 is 1.43 bits per heavy atom. The van der Waals surface area contributed by atoms with Gasteiger partial charge in [-0.3, -0.25) is 0 Å². The second-order valence-corrected chi connectivity index (χ2v) is 14.4. The molecule has 184 valence electrons. The Morgan fingerprint density at radius 3 is 1.91 bits per heavy atom. The number of hydrogen-bond acceptors (Lipinski definition) is 3. The van der Waals surface area contributed by atoms with E-state index in [9.17, 15) is 4.79 Å². The van der Waals surface area contributed by atoms with Crippen LogP contribution in [0.5, 0.6) is 0 Å². The summed E-state index contributed by atoms with van der Waals surface area (Å²) in [6.45, 7) is 7.09. The Labute approximate surface area is 208 Å². The first kappa shape index (κ1) is 25.1. The molecule has 0 aromatic heterocycles. The molecule has 4 rings (SSSR count). The second-order valence-electron chi connectivity index (χ2n) is 10.1. The van der Waals surface area contributed by atoms with E-state index in [-0.39, 0.29) is 18.2 Å². The van der Waals surface area contributed by atoms with E-state index in [1.807, 2.05) is 66.7 Å². The molecule has 1 aliphatic heterocycles. The van der Waals surface area contributed by atoms with E-state index in [0.717, 1.165) is 15.9 Å². The Bertz CT molecular complexity index is 1050. The van der Waals surface area contributed by atoms with Crippen molar-refractivity contribution in [3.63, 3.8) is 0 Å². The van der Waals surface area contributed by atoms with Crippen molar-refractivity contribution < 1.29 is 18.3 Å². The molecule has 6 heteroatoms. The lowest BCUT2D eigenvalue weighted by atomic mass is 10.1. The van der Waals surface area contributed by atoms with E-state index in [1.54, 1.807) is 0 Å². The normalized spacial score (nSPS) is 18.8. The molecule has 1 aliphatic rings. The molecule has 0 aliphatic carbocycles.